The number of aromatic nitrogens is 2. The van der Waals surface area contributed by atoms with Crippen LogP contribution in [0.2, 0.25) is 0 Å². The average molecular weight is 257 g/mol. The van der Waals surface area contributed by atoms with Crippen LogP contribution in [0.3, 0.4) is 0 Å². The van der Waals surface area contributed by atoms with E-state index < -0.39 is 20.9 Å². The third kappa shape index (κ3) is 2.41. The van der Waals surface area contributed by atoms with Crippen molar-refractivity contribution in [2.24, 2.45) is 0 Å². The van der Waals surface area contributed by atoms with Crippen LogP contribution >= 0.6 is 0 Å². The molecule has 0 saturated heterocycles. The fourth-order valence-electron chi connectivity index (χ4n) is 1.16. The van der Waals surface area contributed by atoms with Gasteiger partial charge < -0.3 is 4.52 Å². The molecule has 0 spiro atoms. The number of nitrogens with zero attached hydrogens (tertiary/aromatic N) is 2. The van der Waals surface area contributed by atoms with E-state index in [0.29, 0.717) is 5.69 Å². The van der Waals surface area contributed by atoms with Crippen LogP contribution in [0.15, 0.2) is 33.9 Å². The number of rotatable bonds is 3. The van der Waals surface area contributed by atoms with Crippen molar-refractivity contribution >= 4 is 15.9 Å². The van der Waals surface area contributed by atoms with Crippen molar-refractivity contribution in [3.63, 3.8) is 0 Å². The molecular formula is C9H8FN3O3S. The first kappa shape index (κ1) is 11.5. The molecule has 2 aromatic rings. The van der Waals surface area contributed by atoms with E-state index in [1.54, 1.807) is 6.92 Å². The molecule has 0 bridgehead atoms. The second kappa shape index (κ2) is 4.13. The number of hydrogen-bond donors (Lipinski definition) is 1. The number of pyridine rings is 1. The predicted octanol–water partition coefficient (Wildman–Crippen LogP) is 1.32. The first-order chi connectivity index (χ1) is 7.99. The fourth-order valence-corrected chi connectivity index (χ4v) is 2.14. The molecule has 0 saturated carbocycles. The van der Waals surface area contributed by atoms with Gasteiger partial charge in [-0.1, -0.05) is 5.16 Å². The summed E-state index contributed by atoms with van der Waals surface area (Å²) in [6, 6.07) is 3.68. The lowest BCUT2D eigenvalue weighted by Gasteiger charge is -2.03. The van der Waals surface area contributed by atoms with Crippen molar-refractivity contribution < 1.29 is 17.3 Å². The Labute approximate surface area is 96.5 Å². The number of nitrogens with one attached hydrogen (secondary N) is 1. The largest absolute Gasteiger partial charge is 0.338 e. The van der Waals surface area contributed by atoms with E-state index in [-0.39, 0.29) is 5.88 Å². The molecule has 2 rings (SSSR count). The predicted molar refractivity (Wildman–Crippen MR) is 56.2 cm³/mol. The first-order valence-corrected chi connectivity index (χ1v) is 6.04. The lowest BCUT2D eigenvalue weighted by molar-refractivity contribution is 0.430. The second-order valence-electron chi connectivity index (χ2n) is 3.23. The minimum Gasteiger partial charge on any atom is -0.338 e. The lowest BCUT2D eigenvalue weighted by atomic mass is 10.5. The Morgan fingerprint density at radius 3 is 2.82 bits per heavy atom. The van der Waals surface area contributed by atoms with E-state index in [2.05, 4.69) is 14.7 Å². The van der Waals surface area contributed by atoms with Gasteiger partial charge in [0.25, 0.3) is 10.0 Å². The van der Waals surface area contributed by atoms with Gasteiger partial charge in [-0.2, -0.15) is 8.42 Å². The van der Waals surface area contributed by atoms with Crippen LogP contribution in [-0.2, 0) is 10.0 Å². The van der Waals surface area contributed by atoms with Crippen molar-refractivity contribution in [1.82, 2.24) is 10.1 Å². The summed E-state index contributed by atoms with van der Waals surface area (Å²) in [5, 5.41) is 2.81. The van der Waals surface area contributed by atoms with Gasteiger partial charge in [-0.25, -0.2) is 14.1 Å². The lowest BCUT2D eigenvalue weighted by Crippen LogP contribution is -2.15. The molecule has 0 aliphatic carbocycles. The van der Waals surface area contributed by atoms with Gasteiger partial charge in [-0.3, -0.25) is 0 Å². The van der Waals surface area contributed by atoms with Crippen LogP contribution < -0.4 is 4.72 Å². The van der Waals surface area contributed by atoms with E-state index in [0.717, 1.165) is 6.07 Å². The summed E-state index contributed by atoms with van der Waals surface area (Å²) in [5.41, 5.74) is 0.504. The van der Waals surface area contributed by atoms with E-state index in [1.807, 2.05) is 4.72 Å². The van der Waals surface area contributed by atoms with Gasteiger partial charge in [0.2, 0.25) is 10.9 Å². The third-order valence-electron chi connectivity index (χ3n) is 1.84. The van der Waals surface area contributed by atoms with Gasteiger partial charge in [-0.15, -0.1) is 0 Å². The molecule has 0 aliphatic rings. The van der Waals surface area contributed by atoms with Crippen molar-refractivity contribution in [2.45, 2.75) is 11.9 Å². The standard InChI is InChI=1S/C9H8FN3O3S/c1-6-5-8(16-12-6)13-17(14,15)9-7(10)3-2-4-11-9/h2-5,13H,1H3. The zero-order chi connectivity index (χ0) is 12.5. The SMILES string of the molecule is Cc1cc(NS(=O)(=O)c2ncccc2F)on1. The number of aryl methyl sites for hydroxylation is 1. The molecule has 0 aromatic carbocycles. The highest BCUT2D eigenvalue weighted by Gasteiger charge is 2.21. The zero-order valence-corrected chi connectivity index (χ0v) is 9.53. The van der Waals surface area contributed by atoms with E-state index in [9.17, 15) is 12.8 Å². The highest BCUT2D eigenvalue weighted by molar-refractivity contribution is 7.92. The highest BCUT2D eigenvalue weighted by Crippen LogP contribution is 2.16. The summed E-state index contributed by atoms with van der Waals surface area (Å²) < 4.78 is 43.4. The van der Waals surface area contributed by atoms with Crippen LogP contribution in [0.5, 0.6) is 0 Å². The van der Waals surface area contributed by atoms with Crippen LogP contribution in [0.4, 0.5) is 10.3 Å². The molecule has 0 amide bonds. The Hall–Kier alpha value is -1.96. The second-order valence-corrected chi connectivity index (χ2v) is 4.83. The van der Waals surface area contributed by atoms with Crippen molar-refractivity contribution in [3.05, 3.63) is 35.9 Å². The van der Waals surface area contributed by atoms with Crippen LogP contribution in [0, 0.1) is 12.7 Å². The van der Waals surface area contributed by atoms with E-state index >= 15 is 0 Å². The smallest absolute Gasteiger partial charge is 0.284 e. The minimum absolute atomic E-state index is 0.0902. The number of halogens is 1. The Balaban J connectivity index is 2.35. The average Bonchev–Trinajstić information content (AvgIpc) is 2.63. The first-order valence-electron chi connectivity index (χ1n) is 4.56. The van der Waals surface area contributed by atoms with E-state index in [1.165, 1.54) is 18.3 Å². The summed E-state index contributed by atoms with van der Waals surface area (Å²) in [7, 11) is -4.10. The molecular weight excluding hydrogens is 249 g/mol. The summed E-state index contributed by atoms with van der Waals surface area (Å²) in [4.78, 5) is 3.47. The van der Waals surface area contributed by atoms with E-state index in [4.69, 9.17) is 0 Å². The highest BCUT2D eigenvalue weighted by atomic mass is 32.2. The third-order valence-corrected chi connectivity index (χ3v) is 3.12. The molecule has 2 aromatic heterocycles. The molecule has 6 nitrogen and oxygen atoms in total. The molecule has 8 heteroatoms. The Morgan fingerprint density at radius 2 is 2.24 bits per heavy atom. The summed E-state index contributed by atoms with van der Waals surface area (Å²) >= 11 is 0. The topological polar surface area (TPSA) is 85.1 Å². The van der Waals surface area contributed by atoms with Gasteiger partial charge in [0.05, 0.1) is 5.69 Å². The van der Waals surface area contributed by atoms with Crippen molar-refractivity contribution in [2.75, 3.05) is 4.72 Å². The maximum absolute atomic E-state index is 13.3. The quantitative estimate of drug-likeness (QED) is 0.896. The number of hydrogen-bond acceptors (Lipinski definition) is 5. The van der Waals surface area contributed by atoms with Gasteiger partial charge in [-0.05, 0) is 19.1 Å². The summed E-state index contributed by atoms with van der Waals surface area (Å²) in [6.45, 7) is 1.63. The van der Waals surface area contributed by atoms with Crippen LogP contribution in [0.25, 0.3) is 0 Å². The summed E-state index contributed by atoms with van der Waals surface area (Å²) in [6.07, 6.45) is 1.18. The minimum atomic E-state index is -4.10. The normalized spacial score (nSPS) is 11.4. The Morgan fingerprint density at radius 1 is 1.47 bits per heavy atom. The maximum atomic E-state index is 13.3. The van der Waals surface area contributed by atoms with Crippen molar-refractivity contribution in [3.8, 4) is 0 Å². The number of sulfonamides is 1. The van der Waals surface area contributed by atoms with Crippen LogP contribution in [-0.4, -0.2) is 18.6 Å². The van der Waals surface area contributed by atoms with Crippen LogP contribution in [0.1, 0.15) is 5.69 Å². The molecule has 1 N–H and O–H groups in total. The van der Waals surface area contributed by atoms with Gasteiger partial charge in [0.1, 0.15) is 0 Å². The summed E-state index contributed by atoms with van der Waals surface area (Å²) in [5.74, 6) is -1.02. The zero-order valence-electron chi connectivity index (χ0n) is 8.71. The molecule has 17 heavy (non-hydrogen) atoms. The molecule has 0 fully saturated rings. The van der Waals surface area contributed by atoms with Crippen molar-refractivity contribution in [1.29, 1.82) is 0 Å². The molecule has 0 atom stereocenters. The number of anilines is 1. The molecule has 0 radical (unpaired) electrons. The maximum Gasteiger partial charge on any atom is 0.284 e. The Kier molecular flexibility index (Phi) is 2.80. The monoisotopic (exact) mass is 257 g/mol. The molecule has 2 heterocycles. The fraction of sp³-hybridized carbons (Fsp3) is 0.111. The molecule has 0 aliphatic heterocycles. The van der Waals surface area contributed by atoms with Gasteiger partial charge in [0.15, 0.2) is 5.82 Å². The molecule has 0 unspecified atom stereocenters. The van der Waals surface area contributed by atoms with Gasteiger partial charge >= 0.3 is 0 Å². The Bertz CT molecular complexity index is 638. The van der Waals surface area contributed by atoms with Gasteiger partial charge in [0, 0.05) is 12.3 Å². The molecule has 90 valence electrons.